The Kier molecular flexibility index (Phi) is 5.89. The molecule has 2 aromatic heterocycles. The van der Waals surface area contributed by atoms with E-state index in [9.17, 15) is 0 Å². The van der Waals surface area contributed by atoms with Crippen LogP contribution in [0.3, 0.4) is 0 Å². The second-order valence-corrected chi connectivity index (χ2v) is 8.90. The van der Waals surface area contributed by atoms with Crippen LogP contribution >= 0.6 is 0 Å². The second-order valence-electron chi connectivity index (χ2n) is 8.90. The van der Waals surface area contributed by atoms with Gasteiger partial charge in [0.1, 0.15) is 11.2 Å². The molecule has 0 aliphatic carbocycles. The lowest BCUT2D eigenvalue weighted by atomic mass is 9.96. The molecule has 7 nitrogen and oxygen atoms in total. The molecule has 2 aliphatic rings. The van der Waals surface area contributed by atoms with Crippen molar-refractivity contribution in [3.05, 3.63) is 42.7 Å². The van der Waals surface area contributed by atoms with Crippen molar-refractivity contribution in [3.63, 3.8) is 0 Å². The van der Waals surface area contributed by atoms with E-state index in [1.54, 1.807) is 12.4 Å². The van der Waals surface area contributed by atoms with Crippen LogP contribution in [0.15, 0.2) is 42.7 Å². The van der Waals surface area contributed by atoms with Crippen molar-refractivity contribution in [3.8, 4) is 11.3 Å². The number of hydrogen-bond acceptors (Lipinski definition) is 7. The fourth-order valence-electron chi connectivity index (χ4n) is 4.47. The average Bonchev–Trinajstić information content (AvgIpc) is 2.83. The summed E-state index contributed by atoms with van der Waals surface area (Å²) in [6.07, 6.45) is 4.71. The first-order chi connectivity index (χ1) is 15.6. The average molecular weight is 436 g/mol. The summed E-state index contributed by atoms with van der Waals surface area (Å²) in [6, 6.07) is 10.5. The Balaban J connectivity index is 1.40. The molecular weight excluding hydrogens is 405 g/mol. The summed E-state index contributed by atoms with van der Waals surface area (Å²) >= 11 is 0. The quantitative estimate of drug-likeness (QED) is 0.639. The zero-order valence-electron chi connectivity index (χ0n) is 18.5. The fourth-order valence-corrected chi connectivity index (χ4v) is 4.47. The molecule has 0 bridgehead atoms. The number of piperidine rings is 1. The maximum atomic E-state index is 15.1. The molecule has 2 aliphatic heterocycles. The van der Waals surface area contributed by atoms with Crippen LogP contribution in [0.1, 0.15) is 12.8 Å². The highest BCUT2D eigenvalue weighted by atomic mass is 19.1. The molecule has 5 rings (SSSR count). The monoisotopic (exact) mass is 435 g/mol. The van der Waals surface area contributed by atoms with Gasteiger partial charge in [-0.25, -0.2) is 14.4 Å². The molecule has 32 heavy (non-hydrogen) atoms. The van der Waals surface area contributed by atoms with Crippen molar-refractivity contribution in [1.29, 1.82) is 0 Å². The molecule has 0 spiro atoms. The van der Waals surface area contributed by atoms with Crippen LogP contribution < -0.4 is 15.5 Å². The van der Waals surface area contributed by atoms with Crippen molar-refractivity contribution in [2.45, 2.75) is 18.5 Å². The van der Waals surface area contributed by atoms with E-state index in [1.807, 2.05) is 6.07 Å². The Labute approximate surface area is 188 Å². The van der Waals surface area contributed by atoms with Crippen LogP contribution in [-0.2, 0) is 0 Å². The van der Waals surface area contributed by atoms with E-state index in [1.165, 1.54) is 5.69 Å². The summed E-state index contributed by atoms with van der Waals surface area (Å²) in [5.41, 5.74) is 3.17. The summed E-state index contributed by atoms with van der Waals surface area (Å²) < 4.78 is 15.1. The number of hydrogen-bond donors (Lipinski definition) is 2. The van der Waals surface area contributed by atoms with Gasteiger partial charge in [0.05, 0.1) is 17.8 Å². The standard InChI is InChI=1S/C24H30FN7/c1-31-11-13-32(14-12-31)19-5-3-18(4-6-19)20-15-21-22(28-10-9-27-21)23(30-20)29-17-24(25)7-2-8-26-16-24/h3-6,9-10,15,26H,2,7-8,11-14,16-17H2,1H3,(H,29,30)/t24-/m1/s1. The van der Waals surface area contributed by atoms with Crippen LogP contribution in [0, 0.1) is 0 Å². The predicted octanol–water partition coefficient (Wildman–Crippen LogP) is 2.95. The lowest BCUT2D eigenvalue weighted by Gasteiger charge is -2.34. The minimum Gasteiger partial charge on any atom is -0.369 e. The lowest BCUT2D eigenvalue weighted by Crippen LogP contribution is -2.46. The molecule has 2 N–H and O–H groups in total. The number of piperazine rings is 1. The van der Waals surface area contributed by atoms with E-state index in [0.717, 1.165) is 55.9 Å². The molecule has 2 saturated heterocycles. The van der Waals surface area contributed by atoms with Crippen LogP contribution in [0.2, 0.25) is 0 Å². The smallest absolute Gasteiger partial charge is 0.155 e. The summed E-state index contributed by atoms with van der Waals surface area (Å²) in [4.78, 5) is 18.5. The van der Waals surface area contributed by atoms with Gasteiger partial charge in [-0.2, -0.15) is 0 Å². The maximum Gasteiger partial charge on any atom is 0.155 e. The van der Waals surface area contributed by atoms with E-state index in [4.69, 9.17) is 4.98 Å². The third-order valence-electron chi connectivity index (χ3n) is 6.48. The molecule has 0 amide bonds. The number of alkyl halides is 1. The number of rotatable bonds is 5. The van der Waals surface area contributed by atoms with Crippen molar-refractivity contribution in [2.75, 3.05) is 63.1 Å². The van der Waals surface area contributed by atoms with Gasteiger partial charge < -0.3 is 20.4 Å². The normalized spacial score (nSPS) is 22.2. The Morgan fingerprint density at radius 2 is 1.88 bits per heavy atom. The van der Waals surface area contributed by atoms with Gasteiger partial charge in [0.2, 0.25) is 0 Å². The van der Waals surface area contributed by atoms with Crippen LogP contribution in [-0.4, -0.2) is 78.4 Å². The first kappa shape index (κ1) is 21.0. The van der Waals surface area contributed by atoms with Gasteiger partial charge in [0.15, 0.2) is 5.82 Å². The summed E-state index contributed by atoms with van der Waals surface area (Å²) in [5.74, 6) is 0.580. The summed E-state index contributed by atoms with van der Waals surface area (Å²) in [7, 11) is 2.16. The Morgan fingerprint density at radius 1 is 1.09 bits per heavy atom. The van der Waals surface area contributed by atoms with Gasteiger partial charge >= 0.3 is 0 Å². The van der Waals surface area contributed by atoms with Gasteiger partial charge in [0.25, 0.3) is 0 Å². The molecule has 1 atom stereocenters. The topological polar surface area (TPSA) is 69.2 Å². The van der Waals surface area contributed by atoms with E-state index in [0.29, 0.717) is 24.3 Å². The number of anilines is 2. The van der Waals surface area contributed by atoms with Crippen molar-refractivity contribution >= 4 is 22.5 Å². The Morgan fingerprint density at radius 3 is 2.62 bits per heavy atom. The number of fused-ring (bicyclic) bond motifs is 1. The van der Waals surface area contributed by atoms with Crippen LogP contribution in [0.4, 0.5) is 15.9 Å². The molecule has 2 fully saturated rings. The maximum absolute atomic E-state index is 15.1. The van der Waals surface area contributed by atoms with Crippen molar-refractivity contribution in [1.82, 2.24) is 25.2 Å². The van der Waals surface area contributed by atoms with Gasteiger partial charge in [-0.15, -0.1) is 0 Å². The zero-order valence-corrected chi connectivity index (χ0v) is 18.5. The van der Waals surface area contributed by atoms with Gasteiger partial charge in [-0.1, -0.05) is 12.1 Å². The van der Waals surface area contributed by atoms with Crippen LogP contribution in [0.25, 0.3) is 22.3 Å². The molecule has 4 heterocycles. The first-order valence-corrected chi connectivity index (χ1v) is 11.4. The molecule has 168 valence electrons. The number of halogens is 1. The fraction of sp³-hybridized carbons (Fsp3) is 0.458. The molecule has 0 radical (unpaired) electrons. The molecule has 8 heteroatoms. The number of likely N-dealkylation sites (N-methyl/N-ethyl adjacent to an activating group) is 1. The number of aromatic nitrogens is 3. The van der Waals surface area contributed by atoms with Gasteiger partial charge in [-0.05, 0) is 44.6 Å². The van der Waals surface area contributed by atoms with Gasteiger partial charge in [0, 0.05) is 56.4 Å². The number of benzene rings is 1. The lowest BCUT2D eigenvalue weighted by molar-refractivity contribution is 0.137. The highest BCUT2D eigenvalue weighted by Gasteiger charge is 2.31. The van der Waals surface area contributed by atoms with Crippen LogP contribution in [0.5, 0.6) is 0 Å². The molecule has 0 saturated carbocycles. The van der Waals surface area contributed by atoms with E-state index >= 15 is 4.39 Å². The SMILES string of the molecule is CN1CCN(c2ccc(-c3cc4nccnc4c(NC[C@@]4(F)CCCNC4)n3)cc2)CC1. The number of pyridine rings is 1. The van der Waals surface area contributed by atoms with E-state index < -0.39 is 5.67 Å². The second kappa shape index (κ2) is 8.96. The third kappa shape index (κ3) is 4.52. The minimum atomic E-state index is -1.28. The molecule has 3 aromatic rings. The van der Waals surface area contributed by atoms with E-state index in [-0.39, 0.29) is 6.54 Å². The summed E-state index contributed by atoms with van der Waals surface area (Å²) in [5, 5.41) is 6.38. The first-order valence-electron chi connectivity index (χ1n) is 11.4. The largest absolute Gasteiger partial charge is 0.369 e. The number of nitrogens with zero attached hydrogens (tertiary/aromatic N) is 5. The van der Waals surface area contributed by atoms with Crippen molar-refractivity contribution < 1.29 is 4.39 Å². The minimum absolute atomic E-state index is 0.199. The Hall–Kier alpha value is -2.84. The third-order valence-corrected chi connectivity index (χ3v) is 6.48. The highest BCUT2D eigenvalue weighted by molar-refractivity contribution is 5.88. The molecule has 1 aromatic carbocycles. The predicted molar refractivity (Wildman–Crippen MR) is 127 cm³/mol. The zero-order chi connectivity index (χ0) is 22.0. The number of nitrogens with one attached hydrogen (secondary N) is 2. The van der Waals surface area contributed by atoms with E-state index in [2.05, 4.69) is 61.7 Å². The van der Waals surface area contributed by atoms with Gasteiger partial charge in [-0.3, -0.25) is 4.98 Å². The molecule has 0 unspecified atom stereocenters. The highest BCUT2D eigenvalue weighted by Crippen LogP contribution is 2.29. The molecular formula is C24H30FN7. The summed E-state index contributed by atoms with van der Waals surface area (Å²) in [6.45, 7) is 5.65. The Bertz CT molecular complexity index is 1060. The van der Waals surface area contributed by atoms with Crippen molar-refractivity contribution in [2.24, 2.45) is 0 Å².